The molecule has 33 heavy (non-hydrogen) atoms. The Morgan fingerprint density at radius 3 is 2.52 bits per heavy atom. The van der Waals surface area contributed by atoms with Crippen molar-refractivity contribution >= 4 is 66.1 Å². The Hall–Kier alpha value is -2.27. The average molecular weight is 561 g/mol. The molecule has 1 atom stereocenters. The molecule has 5 rings (SSSR count). The number of carbonyl (C=O) groups is 1. The number of thioether (sulfide) groups is 1. The molecule has 1 unspecified atom stereocenters. The highest BCUT2D eigenvalue weighted by Gasteiger charge is 2.42. The zero-order valence-corrected chi connectivity index (χ0v) is 21.3. The van der Waals surface area contributed by atoms with E-state index in [2.05, 4.69) is 15.9 Å². The van der Waals surface area contributed by atoms with E-state index in [1.54, 1.807) is 10.8 Å². The van der Waals surface area contributed by atoms with Gasteiger partial charge in [0, 0.05) is 21.8 Å². The molecular weight excluding hydrogens is 542 g/mol. The van der Waals surface area contributed by atoms with Crippen LogP contribution in [-0.4, -0.2) is 50.9 Å². The summed E-state index contributed by atoms with van der Waals surface area (Å²) < 4.78 is 27.0. The number of para-hydroxylation sites is 1. The monoisotopic (exact) mass is 559 g/mol. The molecule has 0 radical (unpaired) electrons. The Balaban J connectivity index is 1.54. The number of hydrogen-bond donors (Lipinski definition) is 0. The molecule has 2 saturated heterocycles. The first-order valence-electron chi connectivity index (χ1n) is 10.2. The molecule has 0 N–H and O–H groups in total. The number of aromatic nitrogens is 2. The average Bonchev–Trinajstić information content (AvgIpc) is 3.45. The maximum absolute atomic E-state index is 13.2. The van der Waals surface area contributed by atoms with Crippen LogP contribution >= 0.6 is 39.9 Å². The van der Waals surface area contributed by atoms with Gasteiger partial charge in [-0.05, 0) is 36.8 Å². The van der Waals surface area contributed by atoms with Gasteiger partial charge in [-0.1, -0.05) is 70.2 Å². The van der Waals surface area contributed by atoms with Crippen LogP contribution in [0.4, 0.5) is 0 Å². The van der Waals surface area contributed by atoms with E-state index >= 15 is 0 Å². The smallest absolute Gasteiger partial charge is 0.266 e. The van der Waals surface area contributed by atoms with Crippen molar-refractivity contribution in [1.29, 1.82) is 0 Å². The Labute approximate surface area is 209 Å². The maximum Gasteiger partial charge on any atom is 0.266 e. The molecule has 6 nitrogen and oxygen atoms in total. The number of amides is 1. The molecule has 168 valence electrons. The number of halogens is 1. The highest BCUT2D eigenvalue weighted by Crippen LogP contribution is 2.37. The van der Waals surface area contributed by atoms with Crippen LogP contribution in [0.5, 0.6) is 0 Å². The third kappa shape index (κ3) is 4.57. The summed E-state index contributed by atoms with van der Waals surface area (Å²) >= 11 is 10.1. The van der Waals surface area contributed by atoms with Crippen LogP contribution in [0.25, 0.3) is 23.0 Å². The summed E-state index contributed by atoms with van der Waals surface area (Å²) in [5, 5.41) is 4.79. The molecule has 1 amide bonds. The minimum atomic E-state index is -3.13. The summed E-state index contributed by atoms with van der Waals surface area (Å²) in [5.74, 6) is -0.199. The third-order valence-corrected chi connectivity index (χ3v) is 9.17. The first-order valence-corrected chi connectivity index (χ1v) is 14.0. The highest BCUT2D eigenvalue weighted by atomic mass is 79.9. The van der Waals surface area contributed by atoms with Crippen molar-refractivity contribution < 1.29 is 13.2 Å². The number of sulfone groups is 1. The molecule has 0 aliphatic carbocycles. The molecule has 2 aliphatic rings. The minimum absolute atomic E-state index is 0.0389. The Morgan fingerprint density at radius 1 is 1.12 bits per heavy atom. The van der Waals surface area contributed by atoms with Gasteiger partial charge in [-0.2, -0.15) is 5.10 Å². The molecule has 10 heteroatoms. The minimum Gasteiger partial charge on any atom is -0.289 e. The lowest BCUT2D eigenvalue weighted by Gasteiger charge is -2.20. The van der Waals surface area contributed by atoms with Crippen molar-refractivity contribution in [2.24, 2.45) is 0 Å². The number of benzene rings is 2. The Morgan fingerprint density at radius 2 is 1.85 bits per heavy atom. The Bertz CT molecular complexity index is 1380. The van der Waals surface area contributed by atoms with Gasteiger partial charge in [0.15, 0.2) is 9.84 Å². The van der Waals surface area contributed by atoms with Gasteiger partial charge in [0.1, 0.15) is 4.32 Å². The molecule has 3 heterocycles. The zero-order valence-electron chi connectivity index (χ0n) is 17.2. The van der Waals surface area contributed by atoms with E-state index in [4.69, 9.17) is 17.3 Å². The lowest BCUT2D eigenvalue weighted by atomic mass is 10.1. The standard InChI is InChI=1S/C23H18BrN3O3S3/c24-17-8-6-15(7-9-17)21-16(13-26(25-21)18-4-2-1-3-5-18)12-20-22(28)27(23(31)32-20)19-10-11-33(29,30)14-19/h1-9,12-13,19H,10-11,14H2/b20-12+. The van der Waals surface area contributed by atoms with Gasteiger partial charge in [0.05, 0.1) is 33.8 Å². The van der Waals surface area contributed by atoms with Crippen LogP contribution in [0.15, 0.2) is 70.2 Å². The second-order valence-corrected chi connectivity index (χ2v) is 12.6. The van der Waals surface area contributed by atoms with E-state index in [1.807, 2.05) is 60.8 Å². The van der Waals surface area contributed by atoms with E-state index in [0.717, 1.165) is 27.0 Å². The number of thiocarbonyl (C=S) groups is 1. The maximum atomic E-state index is 13.2. The SMILES string of the molecule is O=C1/C(=C\c2cn(-c3ccccc3)nc2-c2ccc(Br)cc2)SC(=S)N1C1CCS(=O)(=O)C1. The molecule has 0 spiro atoms. The lowest BCUT2D eigenvalue weighted by molar-refractivity contribution is -0.123. The lowest BCUT2D eigenvalue weighted by Crippen LogP contribution is -2.39. The van der Waals surface area contributed by atoms with E-state index < -0.39 is 15.9 Å². The van der Waals surface area contributed by atoms with E-state index in [-0.39, 0.29) is 17.4 Å². The zero-order chi connectivity index (χ0) is 23.2. The molecule has 3 aromatic rings. The quantitative estimate of drug-likeness (QED) is 0.341. The fraction of sp³-hybridized carbons (Fsp3) is 0.174. The van der Waals surface area contributed by atoms with Gasteiger partial charge < -0.3 is 0 Å². The van der Waals surface area contributed by atoms with Gasteiger partial charge >= 0.3 is 0 Å². The van der Waals surface area contributed by atoms with Crippen molar-refractivity contribution in [1.82, 2.24) is 14.7 Å². The summed E-state index contributed by atoms with van der Waals surface area (Å²) in [6, 6.07) is 17.2. The summed E-state index contributed by atoms with van der Waals surface area (Å²) in [7, 11) is -3.13. The van der Waals surface area contributed by atoms with Crippen molar-refractivity contribution in [3.63, 3.8) is 0 Å². The van der Waals surface area contributed by atoms with E-state index in [1.165, 1.54) is 16.7 Å². The molecular formula is C23H18BrN3O3S3. The third-order valence-electron chi connectivity index (χ3n) is 5.56. The normalized spacial score (nSPS) is 21.3. The van der Waals surface area contributed by atoms with Crippen LogP contribution in [0.2, 0.25) is 0 Å². The molecule has 2 aromatic carbocycles. The predicted octanol–water partition coefficient (Wildman–Crippen LogP) is 4.69. The van der Waals surface area contributed by atoms with Gasteiger partial charge in [0.2, 0.25) is 0 Å². The number of nitrogens with zero attached hydrogens (tertiary/aromatic N) is 3. The van der Waals surface area contributed by atoms with Gasteiger partial charge in [-0.15, -0.1) is 0 Å². The number of rotatable bonds is 4. The second kappa shape index (κ2) is 8.83. The van der Waals surface area contributed by atoms with Crippen LogP contribution in [-0.2, 0) is 14.6 Å². The summed E-state index contributed by atoms with van der Waals surface area (Å²) in [5.41, 5.74) is 3.33. The first-order chi connectivity index (χ1) is 15.8. The largest absolute Gasteiger partial charge is 0.289 e. The summed E-state index contributed by atoms with van der Waals surface area (Å²) in [6.45, 7) is 0. The van der Waals surface area contributed by atoms with Crippen LogP contribution < -0.4 is 0 Å². The van der Waals surface area contributed by atoms with Crippen LogP contribution in [0, 0.1) is 0 Å². The molecule has 1 aromatic heterocycles. The molecule has 2 aliphatic heterocycles. The van der Waals surface area contributed by atoms with Crippen molar-refractivity contribution in [3.8, 4) is 16.9 Å². The predicted molar refractivity (Wildman–Crippen MR) is 139 cm³/mol. The van der Waals surface area contributed by atoms with Crippen molar-refractivity contribution in [2.45, 2.75) is 12.5 Å². The number of hydrogen-bond acceptors (Lipinski definition) is 6. The van der Waals surface area contributed by atoms with E-state index in [0.29, 0.717) is 15.6 Å². The van der Waals surface area contributed by atoms with E-state index in [9.17, 15) is 13.2 Å². The number of carbonyl (C=O) groups excluding carboxylic acids is 1. The highest BCUT2D eigenvalue weighted by molar-refractivity contribution is 9.10. The van der Waals surface area contributed by atoms with Crippen LogP contribution in [0.3, 0.4) is 0 Å². The summed E-state index contributed by atoms with van der Waals surface area (Å²) in [6.07, 6.45) is 4.10. The topological polar surface area (TPSA) is 72.3 Å². The second-order valence-electron chi connectivity index (χ2n) is 7.83. The van der Waals surface area contributed by atoms with Crippen LogP contribution in [0.1, 0.15) is 12.0 Å². The van der Waals surface area contributed by atoms with Gasteiger partial charge in [0.25, 0.3) is 5.91 Å². The first kappa shape index (κ1) is 22.5. The Kier molecular flexibility index (Phi) is 6.02. The fourth-order valence-electron chi connectivity index (χ4n) is 3.95. The molecule has 2 fully saturated rings. The van der Waals surface area contributed by atoms with Crippen molar-refractivity contribution in [2.75, 3.05) is 11.5 Å². The molecule has 0 bridgehead atoms. The van der Waals surface area contributed by atoms with Crippen molar-refractivity contribution in [3.05, 3.63) is 75.7 Å². The summed E-state index contributed by atoms with van der Waals surface area (Å²) in [4.78, 5) is 15.1. The fourth-order valence-corrected chi connectivity index (χ4v) is 7.31. The van der Waals surface area contributed by atoms with Gasteiger partial charge in [-0.25, -0.2) is 13.1 Å². The molecule has 0 saturated carbocycles. The van der Waals surface area contributed by atoms with Gasteiger partial charge in [-0.3, -0.25) is 9.69 Å².